The summed E-state index contributed by atoms with van der Waals surface area (Å²) in [5.74, 6) is 0.614. The van der Waals surface area contributed by atoms with Crippen LogP contribution in [0.4, 0.5) is 0 Å². The first kappa shape index (κ1) is 18.0. The number of fused-ring (bicyclic) bond motifs is 1. The minimum atomic E-state index is 0.205. The van der Waals surface area contributed by atoms with Gasteiger partial charge in [0.1, 0.15) is 10.7 Å². The molecule has 1 aliphatic rings. The maximum absolute atomic E-state index is 12.7. The maximum Gasteiger partial charge on any atom is 0.232 e. The molecule has 0 spiro atoms. The first-order valence-corrected chi connectivity index (χ1v) is 10.5. The van der Waals surface area contributed by atoms with Crippen LogP contribution in [-0.4, -0.2) is 39.6 Å². The van der Waals surface area contributed by atoms with Gasteiger partial charge in [-0.1, -0.05) is 67.1 Å². The van der Waals surface area contributed by atoms with Crippen LogP contribution in [0.2, 0.25) is 0 Å². The highest BCUT2D eigenvalue weighted by molar-refractivity contribution is 8.00. The first-order chi connectivity index (χ1) is 13.3. The number of benzene rings is 2. The summed E-state index contributed by atoms with van der Waals surface area (Å²) in [6.07, 6.45) is 4.68. The zero-order chi connectivity index (χ0) is 18.5. The molecule has 27 heavy (non-hydrogen) atoms. The molecule has 0 aliphatic carbocycles. The van der Waals surface area contributed by atoms with Crippen molar-refractivity contribution in [2.24, 2.45) is 0 Å². The van der Waals surface area contributed by atoms with Crippen LogP contribution < -0.4 is 0 Å². The van der Waals surface area contributed by atoms with E-state index >= 15 is 0 Å². The third kappa shape index (κ3) is 4.30. The van der Waals surface area contributed by atoms with E-state index in [1.165, 1.54) is 24.6 Å². The van der Waals surface area contributed by atoms with Crippen molar-refractivity contribution in [2.75, 3.05) is 18.8 Å². The van der Waals surface area contributed by atoms with Crippen molar-refractivity contribution >= 4 is 28.7 Å². The van der Waals surface area contributed by atoms with E-state index in [2.05, 4.69) is 0 Å². The second-order valence-corrected chi connectivity index (χ2v) is 7.78. The van der Waals surface area contributed by atoms with Gasteiger partial charge in [0.15, 0.2) is 0 Å². The standard InChI is InChI=1S/C22H23N3OS/c26-20(25-14-8-1-2-9-15-25)16-27-22-21(17-10-4-3-5-11-17)23-18-12-6-7-13-19(18)24-22/h3-7,10-13H,1-2,8-9,14-16H2. The number of likely N-dealkylation sites (tertiary alicyclic amines) is 1. The summed E-state index contributed by atoms with van der Waals surface area (Å²) in [7, 11) is 0. The number of carbonyl (C=O) groups excluding carboxylic acids is 1. The fourth-order valence-electron chi connectivity index (χ4n) is 3.41. The minimum absolute atomic E-state index is 0.205. The molecule has 4 rings (SSSR count). The number of hydrogen-bond donors (Lipinski definition) is 0. The molecule has 4 nitrogen and oxygen atoms in total. The molecule has 1 fully saturated rings. The molecule has 1 aliphatic heterocycles. The van der Waals surface area contributed by atoms with Crippen molar-refractivity contribution < 1.29 is 4.79 Å². The fraction of sp³-hybridized carbons (Fsp3) is 0.318. The highest BCUT2D eigenvalue weighted by Gasteiger charge is 2.18. The monoisotopic (exact) mass is 377 g/mol. The number of aromatic nitrogens is 2. The Morgan fingerprint density at radius 1 is 0.852 bits per heavy atom. The minimum Gasteiger partial charge on any atom is -0.342 e. The van der Waals surface area contributed by atoms with Crippen LogP contribution in [0.3, 0.4) is 0 Å². The van der Waals surface area contributed by atoms with Gasteiger partial charge >= 0.3 is 0 Å². The van der Waals surface area contributed by atoms with Gasteiger partial charge in [0.25, 0.3) is 0 Å². The molecule has 5 heteroatoms. The van der Waals surface area contributed by atoms with E-state index in [9.17, 15) is 4.79 Å². The maximum atomic E-state index is 12.7. The van der Waals surface area contributed by atoms with Crippen molar-refractivity contribution in [3.05, 3.63) is 54.6 Å². The quantitative estimate of drug-likeness (QED) is 0.613. The Kier molecular flexibility index (Phi) is 5.68. The van der Waals surface area contributed by atoms with E-state index in [-0.39, 0.29) is 5.91 Å². The Morgan fingerprint density at radius 3 is 2.19 bits per heavy atom. The molecule has 1 amide bonds. The van der Waals surface area contributed by atoms with Crippen LogP contribution in [0.5, 0.6) is 0 Å². The van der Waals surface area contributed by atoms with Crippen LogP contribution in [0.1, 0.15) is 25.7 Å². The lowest BCUT2D eigenvalue weighted by molar-refractivity contribution is -0.128. The molecule has 0 atom stereocenters. The van der Waals surface area contributed by atoms with Crippen LogP contribution in [0.15, 0.2) is 59.6 Å². The number of carbonyl (C=O) groups is 1. The van der Waals surface area contributed by atoms with Gasteiger partial charge in [0.2, 0.25) is 5.91 Å². The molecule has 0 unspecified atom stereocenters. The van der Waals surface area contributed by atoms with E-state index in [1.807, 2.05) is 59.5 Å². The Hall–Kier alpha value is -2.40. The molecule has 0 radical (unpaired) electrons. The van der Waals surface area contributed by atoms with Crippen LogP contribution in [0, 0.1) is 0 Å². The van der Waals surface area contributed by atoms with Crippen LogP contribution >= 0.6 is 11.8 Å². The van der Waals surface area contributed by atoms with Gasteiger partial charge in [-0.3, -0.25) is 4.79 Å². The van der Waals surface area contributed by atoms with E-state index < -0.39 is 0 Å². The molecule has 2 aromatic carbocycles. The molecular weight excluding hydrogens is 354 g/mol. The lowest BCUT2D eigenvalue weighted by Crippen LogP contribution is -2.33. The molecule has 3 aromatic rings. The fourth-order valence-corrected chi connectivity index (χ4v) is 4.32. The second kappa shape index (κ2) is 8.53. The molecule has 138 valence electrons. The molecule has 1 saturated heterocycles. The van der Waals surface area contributed by atoms with Crippen LogP contribution in [-0.2, 0) is 4.79 Å². The highest BCUT2D eigenvalue weighted by Crippen LogP contribution is 2.30. The van der Waals surface area contributed by atoms with E-state index in [1.54, 1.807) is 0 Å². The van der Waals surface area contributed by atoms with Gasteiger partial charge in [0.05, 0.1) is 16.8 Å². The number of thioether (sulfide) groups is 1. The summed E-state index contributed by atoms with van der Waals surface area (Å²) < 4.78 is 0. The second-order valence-electron chi connectivity index (χ2n) is 6.82. The van der Waals surface area contributed by atoms with Gasteiger partial charge in [-0.2, -0.15) is 0 Å². The lowest BCUT2D eigenvalue weighted by Gasteiger charge is -2.20. The zero-order valence-electron chi connectivity index (χ0n) is 15.3. The third-order valence-corrected chi connectivity index (χ3v) is 5.83. The average molecular weight is 378 g/mol. The smallest absolute Gasteiger partial charge is 0.232 e. The van der Waals surface area contributed by atoms with Crippen molar-refractivity contribution in [1.29, 1.82) is 0 Å². The van der Waals surface area contributed by atoms with Gasteiger partial charge in [-0.05, 0) is 25.0 Å². The summed E-state index contributed by atoms with van der Waals surface area (Å²) in [5, 5.41) is 0.822. The SMILES string of the molecule is O=C(CSc1nc2ccccc2nc1-c1ccccc1)N1CCCCCC1. The normalized spacial score (nSPS) is 14.9. The molecule has 0 N–H and O–H groups in total. The largest absolute Gasteiger partial charge is 0.342 e. The summed E-state index contributed by atoms with van der Waals surface area (Å²) in [6.45, 7) is 1.77. The van der Waals surface area contributed by atoms with Crippen molar-refractivity contribution in [2.45, 2.75) is 30.7 Å². The first-order valence-electron chi connectivity index (χ1n) is 9.54. The Bertz CT molecular complexity index is 921. The van der Waals surface area contributed by atoms with Crippen molar-refractivity contribution in [1.82, 2.24) is 14.9 Å². The molecule has 2 heterocycles. The average Bonchev–Trinajstić information content (AvgIpc) is 3.01. The van der Waals surface area contributed by atoms with Gasteiger partial charge in [-0.25, -0.2) is 9.97 Å². The number of rotatable bonds is 4. The summed E-state index contributed by atoms with van der Waals surface area (Å²) in [4.78, 5) is 24.4. The topological polar surface area (TPSA) is 46.1 Å². The van der Waals surface area contributed by atoms with Gasteiger partial charge in [-0.15, -0.1) is 0 Å². The number of para-hydroxylation sites is 2. The predicted molar refractivity (Wildman–Crippen MR) is 111 cm³/mol. The van der Waals surface area contributed by atoms with E-state index in [4.69, 9.17) is 9.97 Å². The summed E-state index contributed by atoms with van der Waals surface area (Å²) >= 11 is 1.50. The summed E-state index contributed by atoms with van der Waals surface area (Å²) in [6, 6.07) is 18.0. The number of nitrogens with zero attached hydrogens (tertiary/aromatic N) is 3. The summed E-state index contributed by atoms with van der Waals surface area (Å²) in [5.41, 5.74) is 3.62. The van der Waals surface area contributed by atoms with Gasteiger partial charge < -0.3 is 4.90 Å². The van der Waals surface area contributed by atoms with Crippen molar-refractivity contribution in [3.8, 4) is 11.3 Å². The Morgan fingerprint density at radius 2 is 1.48 bits per heavy atom. The highest BCUT2D eigenvalue weighted by atomic mass is 32.2. The predicted octanol–water partition coefficient (Wildman–Crippen LogP) is 4.79. The Balaban J connectivity index is 1.60. The van der Waals surface area contributed by atoms with Crippen LogP contribution in [0.25, 0.3) is 22.3 Å². The lowest BCUT2D eigenvalue weighted by atomic mass is 10.1. The molecule has 1 aromatic heterocycles. The molecule has 0 bridgehead atoms. The molecule has 0 saturated carbocycles. The number of hydrogen-bond acceptors (Lipinski definition) is 4. The van der Waals surface area contributed by atoms with Crippen molar-refractivity contribution in [3.63, 3.8) is 0 Å². The van der Waals surface area contributed by atoms with E-state index in [0.29, 0.717) is 5.75 Å². The van der Waals surface area contributed by atoms with Gasteiger partial charge in [0, 0.05) is 18.7 Å². The number of amides is 1. The molecular formula is C22H23N3OS. The zero-order valence-corrected chi connectivity index (χ0v) is 16.1. The van der Waals surface area contributed by atoms with E-state index in [0.717, 1.165) is 53.2 Å². The Labute approximate surface area is 164 Å². The third-order valence-electron chi connectivity index (χ3n) is 4.88.